The average molecular weight is 344 g/mol. The molecule has 0 unspecified atom stereocenters. The molecular weight excluding hydrogens is 334 g/mol. The van der Waals surface area contributed by atoms with E-state index in [-0.39, 0.29) is 5.78 Å². The van der Waals surface area contributed by atoms with E-state index in [1.807, 2.05) is 36.4 Å². The first-order valence-electron chi connectivity index (χ1n) is 5.49. The van der Waals surface area contributed by atoms with Crippen LogP contribution in [-0.2, 0) is 0 Å². The fraction of sp³-hybridized carbons (Fsp3) is 0. The van der Waals surface area contributed by atoms with Crippen molar-refractivity contribution < 1.29 is 4.79 Å². The summed E-state index contributed by atoms with van der Waals surface area (Å²) in [5, 5.41) is 0. The van der Waals surface area contributed by atoms with Crippen LogP contribution < -0.4 is 5.46 Å². The van der Waals surface area contributed by atoms with E-state index in [4.69, 9.17) is 7.85 Å². The molecule has 18 heavy (non-hydrogen) atoms. The monoisotopic (exact) mass is 344 g/mol. The molecule has 2 rings (SSSR count). The van der Waals surface area contributed by atoms with Gasteiger partial charge in [-0.1, -0.05) is 54.0 Å². The van der Waals surface area contributed by atoms with Crippen molar-refractivity contribution >= 4 is 47.8 Å². The van der Waals surface area contributed by atoms with E-state index in [1.165, 1.54) is 0 Å². The van der Waals surface area contributed by atoms with Crippen LogP contribution in [0.1, 0.15) is 15.9 Å². The van der Waals surface area contributed by atoms with Crippen molar-refractivity contribution in [2.45, 2.75) is 0 Å². The summed E-state index contributed by atoms with van der Waals surface area (Å²) in [5.74, 6) is -0.0199. The van der Waals surface area contributed by atoms with Crippen LogP contribution in [0.2, 0.25) is 0 Å². The molecule has 3 heteroatoms. The number of allylic oxidation sites excluding steroid dienone is 1. The molecule has 2 radical (unpaired) electrons. The first-order valence-corrected chi connectivity index (χ1v) is 6.57. The van der Waals surface area contributed by atoms with Crippen molar-refractivity contribution in [1.82, 2.24) is 0 Å². The zero-order valence-electron chi connectivity index (χ0n) is 9.64. The van der Waals surface area contributed by atoms with Gasteiger partial charge in [0.1, 0.15) is 7.85 Å². The number of benzene rings is 2. The van der Waals surface area contributed by atoms with Gasteiger partial charge in [-0.25, -0.2) is 0 Å². The smallest absolute Gasteiger partial charge is 0.185 e. The molecule has 2 aromatic rings. The molecule has 0 atom stereocenters. The highest BCUT2D eigenvalue weighted by atomic mass is 127. The lowest BCUT2D eigenvalue weighted by atomic mass is 9.90. The molecular formula is C15H10BIO. The fourth-order valence-electron chi connectivity index (χ4n) is 1.56. The second-order valence-corrected chi connectivity index (χ2v) is 5.08. The molecule has 0 aromatic heterocycles. The Labute approximate surface area is 121 Å². The van der Waals surface area contributed by atoms with Gasteiger partial charge in [0.25, 0.3) is 0 Å². The fourth-order valence-corrected chi connectivity index (χ4v) is 2.08. The molecule has 2 aromatic carbocycles. The first kappa shape index (κ1) is 13.1. The van der Waals surface area contributed by atoms with Crippen LogP contribution in [0.15, 0.2) is 54.6 Å². The van der Waals surface area contributed by atoms with Gasteiger partial charge in [-0.2, -0.15) is 0 Å². The predicted octanol–water partition coefficient (Wildman–Crippen LogP) is 2.98. The lowest BCUT2D eigenvalue weighted by Crippen LogP contribution is -2.07. The molecule has 1 nitrogen and oxygen atoms in total. The van der Waals surface area contributed by atoms with Crippen LogP contribution in [-0.4, -0.2) is 13.6 Å². The minimum absolute atomic E-state index is 0.0199. The third kappa shape index (κ3) is 3.32. The van der Waals surface area contributed by atoms with E-state index >= 15 is 0 Å². The summed E-state index contributed by atoms with van der Waals surface area (Å²) in [6, 6.07) is 14.9. The second-order valence-electron chi connectivity index (χ2n) is 3.84. The van der Waals surface area contributed by atoms with Crippen molar-refractivity contribution in [2.24, 2.45) is 0 Å². The molecule has 0 spiro atoms. The quantitative estimate of drug-likeness (QED) is 0.362. The van der Waals surface area contributed by atoms with Gasteiger partial charge in [-0.3, -0.25) is 4.79 Å². The molecule has 0 aliphatic rings. The molecule has 0 saturated carbocycles. The summed E-state index contributed by atoms with van der Waals surface area (Å²) in [6.07, 6.45) is 3.30. The Morgan fingerprint density at radius 1 is 1.11 bits per heavy atom. The molecule has 0 amide bonds. The SMILES string of the molecule is [B]c1cc(I)ccc1/C=C/C(=O)c1ccccc1. The Hall–Kier alpha value is -1.36. The summed E-state index contributed by atoms with van der Waals surface area (Å²) < 4.78 is 1.08. The maximum Gasteiger partial charge on any atom is 0.185 e. The first-order chi connectivity index (χ1) is 8.66. The van der Waals surface area contributed by atoms with Crippen LogP contribution >= 0.6 is 22.6 Å². The topological polar surface area (TPSA) is 17.1 Å². The van der Waals surface area contributed by atoms with E-state index in [2.05, 4.69) is 22.6 Å². The minimum atomic E-state index is -0.0199. The van der Waals surface area contributed by atoms with Gasteiger partial charge in [0.05, 0.1) is 0 Å². The normalized spacial score (nSPS) is 10.7. The number of hydrogen-bond donors (Lipinski definition) is 0. The highest BCUT2D eigenvalue weighted by molar-refractivity contribution is 14.1. The Balaban J connectivity index is 2.19. The van der Waals surface area contributed by atoms with Crippen LogP contribution in [0.25, 0.3) is 6.08 Å². The van der Waals surface area contributed by atoms with Crippen molar-refractivity contribution in [3.63, 3.8) is 0 Å². The van der Waals surface area contributed by atoms with Crippen LogP contribution in [0, 0.1) is 3.57 Å². The molecule has 0 aliphatic heterocycles. The number of rotatable bonds is 3. The van der Waals surface area contributed by atoms with Gasteiger partial charge in [-0.05, 0) is 40.3 Å². The predicted molar refractivity (Wildman–Crippen MR) is 84.4 cm³/mol. The van der Waals surface area contributed by atoms with Gasteiger partial charge < -0.3 is 0 Å². The zero-order chi connectivity index (χ0) is 13.0. The van der Waals surface area contributed by atoms with Crippen molar-refractivity contribution in [3.8, 4) is 0 Å². The van der Waals surface area contributed by atoms with Crippen molar-refractivity contribution in [2.75, 3.05) is 0 Å². The molecule has 0 bridgehead atoms. The largest absolute Gasteiger partial charge is 0.289 e. The number of carbonyl (C=O) groups is 1. The highest BCUT2D eigenvalue weighted by Crippen LogP contribution is 2.07. The molecule has 0 fully saturated rings. The van der Waals surface area contributed by atoms with Crippen LogP contribution in [0.4, 0.5) is 0 Å². The van der Waals surface area contributed by atoms with Crippen molar-refractivity contribution in [3.05, 3.63) is 69.3 Å². The maximum absolute atomic E-state index is 11.9. The van der Waals surface area contributed by atoms with Gasteiger partial charge in [-0.15, -0.1) is 0 Å². The number of ketones is 1. The van der Waals surface area contributed by atoms with E-state index < -0.39 is 0 Å². The minimum Gasteiger partial charge on any atom is -0.289 e. The Morgan fingerprint density at radius 3 is 2.50 bits per heavy atom. The third-order valence-electron chi connectivity index (χ3n) is 2.52. The molecule has 0 aliphatic carbocycles. The number of carbonyl (C=O) groups excluding carboxylic acids is 1. The molecule has 86 valence electrons. The van der Waals surface area contributed by atoms with E-state index in [0.29, 0.717) is 11.0 Å². The van der Waals surface area contributed by atoms with E-state index in [9.17, 15) is 4.79 Å². The van der Waals surface area contributed by atoms with Gasteiger partial charge in [0.2, 0.25) is 0 Å². The van der Waals surface area contributed by atoms with Crippen LogP contribution in [0.5, 0.6) is 0 Å². The standard InChI is InChI=1S/C15H10BIO/c16-14-10-13(17)8-6-11(14)7-9-15(18)12-4-2-1-3-5-12/h1-10H/b9-7+. The number of hydrogen-bond acceptors (Lipinski definition) is 1. The second kappa shape index (κ2) is 6.00. The lowest BCUT2D eigenvalue weighted by molar-refractivity contribution is 0.104. The number of halogens is 1. The summed E-state index contributed by atoms with van der Waals surface area (Å²) in [5.41, 5.74) is 2.22. The Morgan fingerprint density at radius 2 is 1.83 bits per heavy atom. The highest BCUT2D eigenvalue weighted by Gasteiger charge is 2.00. The molecule has 0 saturated heterocycles. The maximum atomic E-state index is 11.9. The lowest BCUT2D eigenvalue weighted by Gasteiger charge is -2.01. The third-order valence-corrected chi connectivity index (χ3v) is 3.19. The Bertz CT molecular complexity index is 591. The van der Waals surface area contributed by atoms with Gasteiger partial charge in [0.15, 0.2) is 5.78 Å². The summed E-state index contributed by atoms with van der Waals surface area (Å²) in [7, 11) is 5.88. The average Bonchev–Trinajstić information content (AvgIpc) is 2.38. The van der Waals surface area contributed by atoms with Gasteiger partial charge in [0, 0.05) is 9.13 Å². The molecule has 0 N–H and O–H groups in total. The summed E-state index contributed by atoms with van der Waals surface area (Å²) in [6.45, 7) is 0. The van der Waals surface area contributed by atoms with Gasteiger partial charge >= 0.3 is 0 Å². The van der Waals surface area contributed by atoms with Crippen molar-refractivity contribution in [1.29, 1.82) is 0 Å². The summed E-state index contributed by atoms with van der Waals surface area (Å²) in [4.78, 5) is 11.9. The Kier molecular flexibility index (Phi) is 4.36. The van der Waals surface area contributed by atoms with Crippen LogP contribution in [0.3, 0.4) is 0 Å². The zero-order valence-corrected chi connectivity index (χ0v) is 11.8. The van der Waals surface area contributed by atoms with E-state index in [0.717, 1.165) is 9.13 Å². The summed E-state index contributed by atoms with van der Waals surface area (Å²) >= 11 is 2.20. The van der Waals surface area contributed by atoms with E-state index in [1.54, 1.807) is 24.3 Å². The molecule has 0 heterocycles.